The third kappa shape index (κ3) is 3.02. The number of aromatic amines is 1. The summed E-state index contributed by atoms with van der Waals surface area (Å²) in [5.41, 5.74) is 1.25. The molecule has 136 valence electrons. The van der Waals surface area contributed by atoms with Gasteiger partial charge < -0.3 is 9.72 Å². The molecule has 0 spiro atoms. The van der Waals surface area contributed by atoms with Gasteiger partial charge in [-0.1, -0.05) is 18.2 Å². The molecule has 0 radical (unpaired) electrons. The van der Waals surface area contributed by atoms with Gasteiger partial charge >= 0.3 is 0 Å². The van der Waals surface area contributed by atoms with Crippen LogP contribution in [-0.2, 0) is 10.0 Å². The van der Waals surface area contributed by atoms with Crippen LogP contribution in [0.5, 0.6) is 5.75 Å². The topological polar surface area (TPSA) is 88.3 Å². The van der Waals surface area contributed by atoms with Crippen molar-refractivity contribution in [2.24, 2.45) is 0 Å². The summed E-state index contributed by atoms with van der Waals surface area (Å²) in [6.45, 7) is 0. The molecule has 0 fully saturated rings. The number of methoxy groups -OCH3 is 1. The molecule has 0 amide bonds. The largest absolute Gasteiger partial charge is 0.497 e. The van der Waals surface area contributed by atoms with Crippen LogP contribution >= 0.6 is 0 Å². The van der Waals surface area contributed by atoms with E-state index in [1.54, 1.807) is 48.5 Å². The predicted octanol–water partition coefficient (Wildman–Crippen LogP) is 3.49. The molecule has 0 atom stereocenters. The maximum atomic E-state index is 12.7. The Balaban J connectivity index is 1.85. The van der Waals surface area contributed by atoms with Crippen molar-refractivity contribution in [2.75, 3.05) is 11.8 Å². The van der Waals surface area contributed by atoms with Crippen molar-refractivity contribution in [3.05, 3.63) is 77.0 Å². The molecule has 4 rings (SSSR count). The Hall–Kier alpha value is -3.32. The second-order valence-electron chi connectivity index (χ2n) is 6.01. The van der Waals surface area contributed by atoms with Crippen LogP contribution in [0.25, 0.3) is 21.8 Å². The Morgan fingerprint density at radius 2 is 1.59 bits per heavy atom. The van der Waals surface area contributed by atoms with Gasteiger partial charge in [0.25, 0.3) is 10.0 Å². The maximum Gasteiger partial charge on any atom is 0.261 e. The molecule has 7 heteroatoms. The number of hydrogen-bond acceptors (Lipinski definition) is 4. The molecule has 0 aliphatic carbocycles. The van der Waals surface area contributed by atoms with E-state index >= 15 is 0 Å². The summed E-state index contributed by atoms with van der Waals surface area (Å²) < 4.78 is 33.1. The van der Waals surface area contributed by atoms with E-state index in [2.05, 4.69) is 9.71 Å². The molecule has 6 nitrogen and oxygen atoms in total. The first kappa shape index (κ1) is 17.1. The monoisotopic (exact) mass is 380 g/mol. The lowest BCUT2D eigenvalue weighted by molar-refractivity contribution is 0.414. The Morgan fingerprint density at radius 3 is 2.33 bits per heavy atom. The molecular weight excluding hydrogens is 364 g/mol. The molecule has 0 unspecified atom stereocenters. The average Bonchev–Trinajstić information content (AvgIpc) is 2.69. The maximum absolute atomic E-state index is 12.7. The van der Waals surface area contributed by atoms with Gasteiger partial charge in [-0.2, -0.15) is 0 Å². The number of ether oxygens (including phenoxy) is 1. The van der Waals surface area contributed by atoms with Crippen molar-refractivity contribution >= 4 is 37.5 Å². The first-order chi connectivity index (χ1) is 13.0. The lowest BCUT2D eigenvalue weighted by Gasteiger charge is -2.12. The zero-order valence-electron chi connectivity index (χ0n) is 14.4. The van der Waals surface area contributed by atoms with Crippen LogP contribution in [0.4, 0.5) is 5.69 Å². The van der Waals surface area contributed by atoms with Crippen molar-refractivity contribution < 1.29 is 13.2 Å². The van der Waals surface area contributed by atoms with Gasteiger partial charge in [0.15, 0.2) is 5.43 Å². The second kappa shape index (κ2) is 6.44. The fraction of sp³-hybridized carbons (Fsp3) is 0.0500. The van der Waals surface area contributed by atoms with E-state index in [1.807, 2.05) is 6.07 Å². The highest BCUT2D eigenvalue weighted by Gasteiger charge is 2.17. The van der Waals surface area contributed by atoms with E-state index in [0.29, 0.717) is 33.2 Å². The first-order valence-electron chi connectivity index (χ1n) is 8.20. The van der Waals surface area contributed by atoms with Gasteiger partial charge in [0.1, 0.15) is 5.75 Å². The first-order valence-corrected chi connectivity index (χ1v) is 9.68. The van der Waals surface area contributed by atoms with E-state index in [4.69, 9.17) is 4.74 Å². The number of hydrogen-bond donors (Lipinski definition) is 2. The lowest BCUT2D eigenvalue weighted by Crippen LogP contribution is -2.14. The van der Waals surface area contributed by atoms with Gasteiger partial charge in [-0.15, -0.1) is 0 Å². The predicted molar refractivity (Wildman–Crippen MR) is 106 cm³/mol. The summed E-state index contributed by atoms with van der Waals surface area (Å²) in [4.78, 5) is 16.0. The fourth-order valence-corrected chi connectivity index (χ4v) is 4.06. The summed E-state index contributed by atoms with van der Waals surface area (Å²) >= 11 is 0. The van der Waals surface area contributed by atoms with E-state index in [1.165, 1.54) is 19.2 Å². The normalized spacial score (nSPS) is 11.6. The van der Waals surface area contributed by atoms with Crippen LogP contribution in [0.3, 0.4) is 0 Å². The van der Waals surface area contributed by atoms with E-state index in [-0.39, 0.29) is 10.3 Å². The number of sulfonamides is 1. The summed E-state index contributed by atoms with van der Waals surface area (Å²) in [7, 11) is -2.31. The molecule has 4 aromatic rings. The van der Waals surface area contributed by atoms with E-state index in [9.17, 15) is 13.2 Å². The number of nitrogens with one attached hydrogen (secondary N) is 2. The van der Waals surface area contributed by atoms with Gasteiger partial charge in [0.2, 0.25) is 0 Å². The molecule has 0 bridgehead atoms. The number of aromatic nitrogens is 1. The quantitative estimate of drug-likeness (QED) is 0.531. The number of anilines is 1. The number of para-hydroxylation sites is 2. The Morgan fingerprint density at radius 1 is 0.889 bits per heavy atom. The number of fused-ring (bicyclic) bond motifs is 2. The van der Waals surface area contributed by atoms with Crippen LogP contribution in [0.2, 0.25) is 0 Å². The summed E-state index contributed by atoms with van der Waals surface area (Å²) in [5.74, 6) is 0.565. The van der Waals surface area contributed by atoms with E-state index in [0.717, 1.165) is 0 Å². The zero-order chi connectivity index (χ0) is 19.0. The van der Waals surface area contributed by atoms with Gasteiger partial charge in [0, 0.05) is 16.3 Å². The van der Waals surface area contributed by atoms with Gasteiger partial charge in [-0.05, 0) is 48.5 Å². The highest BCUT2D eigenvalue weighted by Crippen LogP contribution is 2.25. The van der Waals surface area contributed by atoms with Crippen molar-refractivity contribution in [3.63, 3.8) is 0 Å². The Labute approximate surface area is 155 Å². The molecule has 1 heterocycles. The molecule has 0 aliphatic heterocycles. The highest BCUT2D eigenvalue weighted by atomic mass is 32.2. The third-order valence-corrected chi connectivity index (χ3v) is 5.74. The molecule has 27 heavy (non-hydrogen) atoms. The number of rotatable bonds is 4. The van der Waals surface area contributed by atoms with E-state index < -0.39 is 10.0 Å². The minimum Gasteiger partial charge on any atom is -0.497 e. The smallest absolute Gasteiger partial charge is 0.261 e. The van der Waals surface area contributed by atoms with Crippen molar-refractivity contribution in [1.29, 1.82) is 0 Å². The Kier molecular flexibility index (Phi) is 4.08. The molecule has 0 aliphatic rings. The lowest BCUT2D eigenvalue weighted by atomic mass is 10.1. The molecule has 1 aromatic heterocycles. The van der Waals surface area contributed by atoms with Gasteiger partial charge in [0.05, 0.1) is 23.2 Å². The van der Waals surface area contributed by atoms with Gasteiger partial charge in [-0.3, -0.25) is 9.52 Å². The molecule has 3 aromatic carbocycles. The number of benzene rings is 3. The van der Waals surface area contributed by atoms with Crippen molar-refractivity contribution in [2.45, 2.75) is 4.90 Å². The highest BCUT2D eigenvalue weighted by molar-refractivity contribution is 7.92. The SMILES string of the molecule is COc1ccc(S(=O)(=O)Nc2cccc3c(=O)c4ccccc4[nH]c23)cc1. The van der Waals surface area contributed by atoms with Crippen LogP contribution in [0, 0.1) is 0 Å². The minimum absolute atomic E-state index is 0.100. The minimum atomic E-state index is -3.82. The summed E-state index contributed by atoms with van der Waals surface area (Å²) in [6.07, 6.45) is 0. The zero-order valence-corrected chi connectivity index (χ0v) is 15.2. The second-order valence-corrected chi connectivity index (χ2v) is 7.69. The van der Waals surface area contributed by atoms with Crippen LogP contribution in [0.15, 0.2) is 76.4 Å². The molecule has 2 N–H and O–H groups in total. The molecular formula is C20H16N2O4S. The van der Waals surface area contributed by atoms with Crippen LogP contribution < -0.4 is 14.9 Å². The third-order valence-electron chi connectivity index (χ3n) is 4.35. The molecule has 0 saturated carbocycles. The standard InChI is InChI=1S/C20H16N2O4S/c1-26-13-9-11-14(12-10-13)27(24,25)22-18-8-4-6-16-19(18)21-17-7-3-2-5-15(17)20(16)23/h2-12,22H,1H3,(H,21,23). The fourth-order valence-electron chi connectivity index (χ4n) is 2.99. The number of H-pyrrole nitrogens is 1. The van der Waals surface area contributed by atoms with Crippen LogP contribution in [0.1, 0.15) is 0 Å². The van der Waals surface area contributed by atoms with Gasteiger partial charge in [-0.25, -0.2) is 8.42 Å². The summed E-state index contributed by atoms with van der Waals surface area (Å²) in [5, 5.41) is 0.976. The number of pyridine rings is 1. The van der Waals surface area contributed by atoms with Crippen LogP contribution in [-0.4, -0.2) is 20.5 Å². The van der Waals surface area contributed by atoms with Crippen molar-refractivity contribution in [3.8, 4) is 5.75 Å². The Bertz CT molecular complexity index is 1310. The average molecular weight is 380 g/mol. The molecule has 0 saturated heterocycles. The van der Waals surface area contributed by atoms with Crippen molar-refractivity contribution in [1.82, 2.24) is 4.98 Å². The summed E-state index contributed by atoms with van der Waals surface area (Å²) in [6, 6.07) is 18.1.